The molecule has 3 aromatic carbocycles. The van der Waals surface area contributed by atoms with Gasteiger partial charge in [0.25, 0.3) is 5.56 Å². The summed E-state index contributed by atoms with van der Waals surface area (Å²) in [5.41, 5.74) is 1.49. The molecule has 0 radical (unpaired) electrons. The molecule has 8 heteroatoms. The number of amides is 1. The average Bonchev–Trinajstić information content (AvgIpc) is 2.89. The van der Waals surface area contributed by atoms with Crippen LogP contribution in [-0.4, -0.2) is 41.0 Å². The third kappa shape index (κ3) is 6.64. The molecule has 0 aliphatic carbocycles. The Kier molecular flexibility index (Phi) is 8.40. The summed E-state index contributed by atoms with van der Waals surface area (Å²) in [7, 11) is 0. The number of rotatable bonds is 11. The highest BCUT2D eigenvalue weighted by atomic mass is 32.2. The van der Waals surface area contributed by atoms with Crippen LogP contribution in [0.25, 0.3) is 10.9 Å². The molecule has 1 amide bonds. The number of hydrogen-bond donors (Lipinski definition) is 1. The summed E-state index contributed by atoms with van der Waals surface area (Å²) in [6.45, 7) is 3.65. The van der Waals surface area contributed by atoms with E-state index in [4.69, 9.17) is 9.47 Å². The summed E-state index contributed by atoms with van der Waals surface area (Å²) in [6.07, 6.45) is 0. The van der Waals surface area contributed by atoms with Crippen LogP contribution in [0.1, 0.15) is 12.5 Å². The first-order chi connectivity index (χ1) is 17.1. The number of aromatic nitrogens is 2. The summed E-state index contributed by atoms with van der Waals surface area (Å²) in [5.74, 6) is 1.49. The highest BCUT2D eigenvalue weighted by Crippen LogP contribution is 2.19. The maximum absolute atomic E-state index is 13.2. The zero-order chi connectivity index (χ0) is 24.5. The first-order valence-electron chi connectivity index (χ1n) is 11.4. The molecule has 7 nitrogen and oxygen atoms in total. The topological polar surface area (TPSA) is 82.5 Å². The fourth-order valence-corrected chi connectivity index (χ4v) is 4.33. The van der Waals surface area contributed by atoms with Crippen LogP contribution in [0.4, 0.5) is 0 Å². The first-order valence-corrected chi connectivity index (χ1v) is 12.4. The second-order valence-corrected chi connectivity index (χ2v) is 8.62. The molecule has 0 spiro atoms. The van der Waals surface area contributed by atoms with Crippen molar-refractivity contribution in [1.29, 1.82) is 0 Å². The monoisotopic (exact) mass is 489 g/mol. The minimum atomic E-state index is -0.154. The Balaban J connectivity index is 1.35. The molecular formula is C27H27N3O4S. The second-order valence-electron chi connectivity index (χ2n) is 7.68. The van der Waals surface area contributed by atoms with E-state index in [0.29, 0.717) is 48.1 Å². The number of para-hydroxylation sites is 1. The average molecular weight is 490 g/mol. The van der Waals surface area contributed by atoms with Crippen molar-refractivity contribution in [3.05, 3.63) is 94.8 Å². The Morgan fingerprint density at radius 3 is 2.37 bits per heavy atom. The maximum Gasteiger partial charge on any atom is 0.262 e. The third-order valence-electron chi connectivity index (χ3n) is 5.17. The number of fused-ring (bicyclic) bond motifs is 1. The lowest BCUT2D eigenvalue weighted by Crippen LogP contribution is -2.30. The van der Waals surface area contributed by atoms with Gasteiger partial charge in [-0.15, -0.1) is 0 Å². The third-order valence-corrected chi connectivity index (χ3v) is 6.15. The van der Waals surface area contributed by atoms with E-state index < -0.39 is 0 Å². The number of nitrogens with one attached hydrogen (secondary N) is 1. The molecule has 0 aliphatic rings. The zero-order valence-corrected chi connectivity index (χ0v) is 20.3. The fraction of sp³-hybridized carbons (Fsp3) is 0.222. The van der Waals surface area contributed by atoms with Crippen LogP contribution in [0.15, 0.2) is 88.8 Å². The van der Waals surface area contributed by atoms with Crippen molar-refractivity contribution in [2.45, 2.75) is 18.6 Å². The minimum absolute atomic E-state index is 0.119. The number of carbonyl (C=O) groups is 1. The molecule has 0 saturated carbocycles. The predicted octanol–water partition coefficient (Wildman–Crippen LogP) is 4.13. The van der Waals surface area contributed by atoms with Gasteiger partial charge in [-0.3, -0.25) is 14.2 Å². The van der Waals surface area contributed by atoms with E-state index in [-0.39, 0.29) is 17.2 Å². The van der Waals surface area contributed by atoms with Crippen LogP contribution < -0.4 is 20.3 Å². The van der Waals surface area contributed by atoms with Gasteiger partial charge in [-0.25, -0.2) is 4.98 Å². The van der Waals surface area contributed by atoms with Crippen molar-refractivity contribution in [3.8, 4) is 11.5 Å². The van der Waals surface area contributed by atoms with E-state index in [2.05, 4.69) is 10.3 Å². The molecule has 1 N–H and O–H groups in total. The predicted molar refractivity (Wildman–Crippen MR) is 138 cm³/mol. The largest absolute Gasteiger partial charge is 0.494 e. The minimum Gasteiger partial charge on any atom is -0.494 e. The SMILES string of the molecule is CCOc1ccc(OCCNC(=O)CSc2nc3ccccc3c(=O)n2Cc2ccccc2)cc1. The molecule has 180 valence electrons. The van der Waals surface area contributed by atoms with Gasteiger partial charge >= 0.3 is 0 Å². The van der Waals surface area contributed by atoms with E-state index in [1.807, 2.05) is 79.7 Å². The van der Waals surface area contributed by atoms with Gasteiger partial charge in [0.05, 0.1) is 36.4 Å². The van der Waals surface area contributed by atoms with E-state index in [0.717, 1.165) is 11.3 Å². The Bertz CT molecular complexity index is 1320. The smallest absolute Gasteiger partial charge is 0.262 e. The lowest BCUT2D eigenvalue weighted by molar-refractivity contribution is -0.118. The lowest BCUT2D eigenvalue weighted by atomic mass is 10.2. The van der Waals surface area contributed by atoms with Crippen molar-refractivity contribution in [2.75, 3.05) is 25.5 Å². The van der Waals surface area contributed by atoms with E-state index in [1.54, 1.807) is 10.6 Å². The van der Waals surface area contributed by atoms with Gasteiger partial charge in [-0.2, -0.15) is 0 Å². The highest BCUT2D eigenvalue weighted by molar-refractivity contribution is 7.99. The molecule has 1 aromatic heterocycles. The van der Waals surface area contributed by atoms with Crippen LogP contribution >= 0.6 is 11.8 Å². The van der Waals surface area contributed by atoms with Crippen molar-refractivity contribution in [2.24, 2.45) is 0 Å². The number of hydrogen-bond acceptors (Lipinski definition) is 6. The van der Waals surface area contributed by atoms with E-state index in [1.165, 1.54) is 11.8 Å². The van der Waals surface area contributed by atoms with Gasteiger partial charge in [0.15, 0.2) is 5.16 Å². The fourth-order valence-electron chi connectivity index (χ4n) is 3.50. The normalized spacial score (nSPS) is 10.8. The van der Waals surface area contributed by atoms with Crippen LogP contribution in [0, 0.1) is 0 Å². The highest BCUT2D eigenvalue weighted by Gasteiger charge is 2.13. The zero-order valence-electron chi connectivity index (χ0n) is 19.5. The van der Waals surface area contributed by atoms with E-state index >= 15 is 0 Å². The molecule has 0 atom stereocenters. The summed E-state index contributed by atoms with van der Waals surface area (Å²) in [6, 6.07) is 24.4. The van der Waals surface area contributed by atoms with Gasteiger partial charge < -0.3 is 14.8 Å². The summed E-state index contributed by atoms with van der Waals surface area (Å²) >= 11 is 1.25. The van der Waals surface area contributed by atoms with Crippen molar-refractivity contribution < 1.29 is 14.3 Å². The molecule has 0 aliphatic heterocycles. The van der Waals surface area contributed by atoms with Crippen LogP contribution in [0.3, 0.4) is 0 Å². The number of nitrogens with zero attached hydrogens (tertiary/aromatic N) is 2. The Morgan fingerprint density at radius 2 is 1.63 bits per heavy atom. The Labute approximate surface area is 208 Å². The van der Waals surface area contributed by atoms with Gasteiger partial charge in [0.1, 0.15) is 18.1 Å². The van der Waals surface area contributed by atoms with Crippen LogP contribution in [0.2, 0.25) is 0 Å². The van der Waals surface area contributed by atoms with Gasteiger partial charge in [-0.1, -0.05) is 54.2 Å². The quantitative estimate of drug-likeness (QED) is 0.194. The van der Waals surface area contributed by atoms with Gasteiger partial charge in [0.2, 0.25) is 5.91 Å². The number of benzene rings is 3. The maximum atomic E-state index is 13.2. The Hall–Kier alpha value is -3.78. The second kappa shape index (κ2) is 12.1. The van der Waals surface area contributed by atoms with Gasteiger partial charge in [0, 0.05) is 0 Å². The number of ether oxygens (including phenoxy) is 2. The molecule has 0 unspecified atom stereocenters. The molecule has 35 heavy (non-hydrogen) atoms. The molecule has 4 rings (SSSR count). The molecule has 1 heterocycles. The van der Waals surface area contributed by atoms with Crippen molar-refractivity contribution >= 4 is 28.6 Å². The van der Waals surface area contributed by atoms with Crippen LogP contribution in [0.5, 0.6) is 11.5 Å². The lowest BCUT2D eigenvalue weighted by Gasteiger charge is -2.13. The van der Waals surface area contributed by atoms with Gasteiger partial charge in [-0.05, 0) is 48.9 Å². The molecule has 4 aromatic rings. The van der Waals surface area contributed by atoms with E-state index in [9.17, 15) is 9.59 Å². The molecule has 0 saturated heterocycles. The molecular weight excluding hydrogens is 462 g/mol. The van der Waals surface area contributed by atoms with Crippen LogP contribution in [-0.2, 0) is 11.3 Å². The van der Waals surface area contributed by atoms with Crippen molar-refractivity contribution in [3.63, 3.8) is 0 Å². The first kappa shape index (κ1) is 24.3. The summed E-state index contributed by atoms with van der Waals surface area (Å²) in [5, 5.41) is 3.92. The molecule has 0 fully saturated rings. The van der Waals surface area contributed by atoms with Crippen molar-refractivity contribution in [1.82, 2.24) is 14.9 Å². The summed E-state index contributed by atoms with van der Waals surface area (Å²) < 4.78 is 12.7. The molecule has 0 bridgehead atoms. The Morgan fingerprint density at radius 1 is 0.943 bits per heavy atom. The standard InChI is InChI=1S/C27H27N3O4S/c1-2-33-21-12-14-22(15-13-21)34-17-16-28-25(31)19-35-27-29-24-11-7-6-10-23(24)26(32)30(27)18-20-8-4-3-5-9-20/h3-15H,2,16-19H2,1H3,(H,28,31). The summed E-state index contributed by atoms with van der Waals surface area (Å²) in [4.78, 5) is 30.3. The number of carbonyl (C=O) groups excluding carboxylic acids is 1. The number of thioether (sulfide) groups is 1.